The molecule has 3 heterocycles. The van der Waals surface area contributed by atoms with Crippen molar-refractivity contribution in [2.45, 2.75) is 31.6 Å². The maximum absolute atomic E-state index is 13.1. The Balaban J connectivity index is 1.64. The van der Waals surface area contributed by atoms with Crippen LogP contribution in [0.4, 0.5) is 4.39 Å². The van der Waals surface area contributed by atoms with Crippen LogP contribution in [0.1, 0.15) is 47.9 Å². The lowest BCUT2D eigenvalue weighted by molar-refractivity contribution is 0.0767. The fourth-order valence-electron chi connectivity index (χ4n) is 4.34. The van der Waals surface area contributed by atoms with E-state index in [9.17, 15) is 9.18 Å². The fraction of sp³-hybridized carbons (Fsp3) is 0.529. The average Bonchev–Trinajstić information content (AvgIpc) is 3.29. The summed E-state index contributed by atoms with van der Waals surface area (Å²) < 4.78 is 15.0. The van der Waals surface area contributed by atoms with Crippen molar-refractivity contribution in [1.29, 1.82) is 0 Å². The minimum Gasteiger partial charge on any atom is -0.336 e. The molecule has 1 atom stereocenters. The molecule has 4 rings (SSSR count). The highest BCUT2D eigenvalue weighted by atomic mass is 19.1. The molecule has 1 saturated carbocycles. The number of aryl methyl sites for hydroxylation is 1. The van der Waals surface area contributed by atoms with Crippen LogP contribution in [0.25, 0.3) is 0 Å². The smallest absolute Gasteiger partial charge is 0.272 e. The van der Waals surface area contributed by atoms with Crippen LogP contribution in [0.2, 0.25) is 0 Å². The topological polar surface area (TPSA) is 63.9 Å². The molecule has 0 N–H and O–H groups in total. The van der Waals surface area contributed by atoms with Gasteiger partial charge in [0.15, 0.2) is 0 Å². The van der Waals surface area contributed by atoms with Gasteiger partial charge >= 0.3 is 0 Å². The van der Waals surface area contributed by atoms with E-state index in [1.54, 1.807) is 6.33 Å². The van der Waals surface area contributed by atoms with Gasteiger partial charge in [0.1, 0.15) is 23.7 Å². The Bertz CT molecular complexity index is 751. The van der Waals surface area contributed by atoms with E-state index in [-0.39, 0.29) is 17.2 Å². The number of halogens is 1. The highest BCUT2D eigenvalue weighted by molar-refractivity contribution is 5.92. The predicted octanol–water partition coefficient (Wildman–Crippen LogP) is 2.15. The molecular weight excluding hydrogens is 309 g/mol. The Morgan fingerprint density at radius 1 is 1.33 bits per heavy atom. The first-order valence-electron chi connectivity index (χ1n) is 8.34. The third kappa shape index (κ3) is 2.39. The fourth-order valence-corrected chi connectivity index (χ4v) is 4.34. The van der Waals surface area contributed by atoms with Gasteiger partial charge in [-0.1, -0.05) is 12.8 Å². The molecule has 2 fully saturated rings. The van der Waals surface area contributed by atoms with E-state index in [2.05, 4.69) is 15.2 Å². The number of hydrogen-bond acceptors (Lipinski definition) is 4. The molecule has 2 aromatic rings. The zero-order valence-corrected chi connectivity index (χ0v) is 13.7. The Hall–Kier alpha value is -2.31. The number of rotatable bonds is 2. The summed E-state index contributed by atoms with van der Waals surface area (Å²) in [5.41, 5.74) is 0.374. The second-order valence-electron chi connectivity index (χ2n) is 6.97. The molecule has 126 valence electrons. The van der Waals surface area contributed by atoms with Gasteiger partial charge in [-0.15, -0.1) is 10.2 Å². The van der Waals surface area contributed by atoms with Crippen LogP contribution in [0.5, 0.6) is 0 Å². The quantitative estimate of drug-likeness (QED) is 0.847. The standard InChI is InChI=1S/C17H20FN5O/c1-22-11-20-21-15(22)13-9-23(10-17(13)6-2-3-7-17)16(24)14-5-4-12(18)8-19-14/h4-5,8,11,13H,2-3,6-7,9-10H2,1H3. The van der Waals surface area contributed by atoms with Crippen molar-refractivity contribution in [3.05, 3.63) is 42.0 Å². The van der Waals surface area contributed by atoms with Crippen molar-refractivity contribution < 1.29 is 9.18 Å². The first-order valence-corrected chi connectivity index (χ1v) is 8.34. The minimum atomic E-state index is -0.433. The largest absolute Gasteiger partial charge is 0.336 e. The third-order valence-corrected chi connectivity index (χ3v) is 5.54. The van der Waals surface area contributed by atoms with Crippen LogP contribution in [0.3, 0.4) is 0 Å². The van der Waals surface area contributed by atoms with Gasteiger partial charge in [0.2, 0.25) is 0 Å². The molecule has 7 heteroatoms. The number of pyridine rings is 1. The van der Waals surface area contributed by atoms with Crippen molar-refractivity contribution in [3.63, 3.8) is 0 Å². The maximum atomic E-state index is 13.1. The second-order valence-corrected chi connectivity index (χ2v) is 6.97. The molecule has 1 aliphatic heterocycles. The van der Waals surface area contributed by atoms with E-state index in [1.165, 1.54) is 25.0 Å². The second kappa shape index (κ2) is 5.65. The van der Waals surface area contributed by atoms with Gasteiger partial charge in [0.05, 0.1) is 6.20 Å². The number of amides is 1. The van der Waals surface area contributed by atoms with E-state index in [0.717, 1.165) is 24.9 Å². The maximum Gasteiger partial charge on any atom is 0.272 e. The van der Waals surface area contributed by atoms with Gasteiger partial charge in [0.25, 0.3) is 5.91 Å². The van der Waals surface area contributed by atoms with Crippen LogP contribution < -0.4 is 0 Å². The van der Waals surface area contributed by atoms with Crippen molar-refractivity contribution in [2.24, 2.45) is 12.5 Å². The molecule has 2 aromatic heterocycles. The van der Waals surface area contributed by atoms with Crippen molar-refractivity contribution in [2.75, 3.05) is 13.1 Å². The summed E-state index contributed by atoms with van der Waals surface area (Å²) in [6, 6.07) is 2.73. The lowest BCUT2D eigenvalue weighted by atomic mass is 9.76. The Kier molecular flexibility index (Phi) is 3.58. The highest BCUT2D eigenvalue weighted by Gasteiger charge is 2.51. The molecule has 1 aliphatic carbocycles. The normalized spacial score (nSPS) is 22.4. The predicted molar refractivity (Wildman–Crippen MR) is 84.7 cm³/mol. The average molecular weight is 329 g/mol. The monoisotopic (exact) mass is 329 g/mol. The third-order valence-electron chi connectivity index (χ3n) is 5.54. The molecule has 2 aliphatic rings. The van der Waals surface area contributed by atoms with Crippen molar-refractivity contribution >= 4 is 5.91 Å². The zero-order valence-electron chi connectivity index (χ0n) is 13.7. The Morgan fingerprint density at radius 3 is 2.75 bits per heavy atom. The first-order chi connectivity index (χ1) is 11.6. The van der Waals surface area contributed by atoms with Crippen LogP contribution in [0.15, 0.2) is 24.7 Å². The van der Waals surface area contributed by atoms with Gasteiger partial charge in [-0.2, -0.15) is 0 Å². The van der Waals surface area contributed by atoms with E-state index in [4.69, 9.17) is 0 Å². The molecule has 6 nitrogen and oxygen atoms in total. The van der Waals surface area contributed by atoms with Gasteiger partial charge in [-0.05, 0) is 30.4 Å². The highest BCUT2D eigenvalue weighted by Crippen LogP contribution is 2.53. The van der Waals surface area contributed by atoms with Crippen LogP contribution >= 0.6 is 0 Å². The van der Waals surface area contributed by atoms with E-state index in [0.29, 0.717) is 18.8 Å². The number of aromatic nitrogens is 4. The molecule has 1 unspecified atom stereocenters. The summed E-state index contributed by atoms with van der Waals surface area (Å²) in [7, 11) is 1.95. The van der Waals surface area contributed by atoms with Crippen LogP contribution in [0, 0.1) is 11.2 Å². The number of carbonyl (C=O) groups is 1. The Labute approximate surface area is 139 Å². The summed E-state index contributed by atoms with van der Waals surface area (Å²) in [4.78, 5) is 18.6. The van der Waals surface area contributed by atoms with Gasteiger partial charge in [-0.25, -0.2) is 9.37 Å². The number of nitrogens with zero attached hydrogens (tertiary/aromatic N) is 5. The zero-order chi connectivity index (χ0) is 16.7. The number of carbonyl (C=O) groups excluding carboxylic acids is 1. The molecule has 0 aromatic carbocycles. The summed E-state index contributed by atoms with van der Waals surface area (Å²) in [6.45, 7) is 1.33. The van der Waals surface area contributed by atoms with E-state index in [1.807, 2.05) is 16.5 Å². The van der Waals surface area contributed by atoms with Crippen LogP contribution in [-0.4, -0.2) is 43.6 Å². The summed E-state index contributed by atoms with van der Waals surface area (Å²) >= 11 is 0. The molecule has 24 heavy (non-hydrogen) atoms. The summed E-state index contributed by atoms with van der Waals surface area (Å²) in [6.07, 6.45) is 7.38. The van der Waals surface area contributed by atoms with Crippen molar-refractivity contribution in [3.8, 4) is 0 Å². The van der Waals surface area contributed by atoms with E-state index >= 15 is 0 Å². The molecule has 1 amide bonds. The number of likely N-dealkylation sites (tertiary alicyclic amines) is 1. The van der Waals surface area contributed by atoms with Crippen molar-refractivity contribution in [1.82, 2.24) is 24.6 Å². The molecule has 0 radical (unpaired) electrons. The minimum absolute atomic E-state index is 0.0798. The van der Waals surface area contributed by atoms with Gasteiger partial charge in [0, 0.05) is 26.1 Å². The molecule has 1 spiro atoms. The SMILES string of the molecule is Cn1cnnc1C1CN(C(=O)c2ccc(F)cn2)CC12CCCC2. The van der Waals surface area contributed by atoms with E-state index < -0.39 is 5.82 Å². The molecular formula is C17H20FN5O. The molecule has 0 bridgehead atoms. The van der Waals surface area contributed by atoms with Crippen LogP contribution in [-0.2, 0) is 7.05 Å². The number of hydrogen-bond donors (Lipinski definition) is 0. The Morgan fingerprint density at radius 2 is 2.12 bits per heavy atom. The summed E-state index contributed by atoms with van der Waals surface area (Å²) in [5.74, 6) is 0.569. The summed E-state index contributed by atoms with van der Waals surface area (Å²) in [5, 5.41) is 8.32. The lowest BCUT2D eigenvalue weighted by Gasteiger charge is -2.28. The molecule has 1 saturated heterocycles. The lowest BCUT2D eigenvalue weighted by Crippen LogP contribution is -2.31. The first kappa shape index (κ1) is 15.2. The van der Waals surface area contributed by atoms with Gasteiger partial charge in [-0.3, -0.25) is 4.79 Å². The van der Waals surface area contributed by atoms with Gasteiger partial charge < -0.3 is 9.47 Å².